The van der Waals surface area contributed by atoms with Gasteiger partial charge in [0, 0.05) is 26.2 Å². The van der Waals surface area contributed by atoms with Crippen LogP contribution in [0.3, 0.4) is 0 Å². The van der Waals surface area contributed by atoms with Gasteiger partial charge in [0.05, 0.1) is 21.8 Å². The Bertz CT molecular complexity index is 1170. The SMILES string of the molecule is CC(C)(C)n1nnnc1C(c1ccc(F)cc1)N1CCN(c2nc3ccccc3s2)CC1. The number of anilines is 1. The zero-order valence-corrected chi connectivity index (χ0v) is 19.3. The van der Waals surface area contributed by atoms with Crippen molar-refractivity contribution in [1.82, 2.24) is 30.1 Å². The van der Waals surface area contributed by atoms with Gasteiger partial charge in [-0.15, -0.1) is 5.10 Å². The van der Waals surface area contributed by atoms with Crippen LogP contribution in [-0.2, 0) is 5.54 Å². The Morgan fingerprint density at radius 3 is 2.38 bits per heavy atom. The third-order valence-corrected chi connectivity index (χ3v) is 6.89. The van der Waals surface area contributed by atoms with E-state index in [1.807, 2.05) is 22.9 Å². The molecule has 0 aliphatic carbocycles. The Kier molecular flexibility index (Phi) is 5.38. The molecular formula is C23H26FN7S. The Morgan fingerprint density at radius 2 is 1.69 bits per heavy atom. The maximum atomic E-state index is 13.7. The molecule has 2 aromatic heterocycles. The van der Waals surface area contributed by atoms with Gasteiger partial charge in [-0.1, -0.05) is 35.6 Å². The molecule has 0 radical (unpaired) electrons. The number of fused-ring (bicyclic) bond motifs is 1. The molecule has 0 N–H and O–H groups in total. The topological polar surface area (TPSA) is 63.0 Å². The molecule has 166 valence electrons. The molecule has 32 heavy (non-hydrogen) atoms. The number of thiazole rings is 1. The van der Waals surface area contributed by atoms with Crippen LogP contribution in [0.1, 0.15) is 38.2 Å². The summed E-state index contributed by atoms with van der Waals surface area (Å²) in [4.78, 5) is 9.54. The molecule has 0 bridgehead atoms. The molecule has 5 rings (SSSR count). The smallest absolute Gasteiger partial charge is 0.186 e. The molecule has 1 atom stereocenters. The van der Waals surface area contributed by atoms with E-state index in [9.17, 15) is 4.39 Å². The van der Waals surface area contributed by atoms with Crippen LogP contribution in [0.2, 0.25) is 0 Å². The lowest BCUT2D eigenvalue weighted by molar-refractivity contribution is 0.191. The number of benzene rings is 2. The van der Waals surface area contributed by atoms with E-state index in [1.165, 1.54) is 16.8 Å². The van der Waals surface area contributed by atoms with Gasteiger partial charge in [-0.2, -0.15) is 0 Å². The van der Waals surface area contributed by atoms with Crippen LogP contribution >= 0.6 is 11.3 Å². The predicted octanol–water partition coefficient (Wildman–Crippen LogP) is 4.09. The quantitative estimate of drug-likeness (QED) is 0.466. The number of hydrogen-bond donors (Lipinski definition) is 0. The van der Waals surface area contributed by atoms with Crippen molar-refractivity contribution < 1.29 is 4.39 Å². The fourth-order valence-corrected chi connectivity index (χ4v) is 5.19. The number of halogens is 1. The number of rotatable bonds is 4. The van der Waals surface area contributed by atoms with Crippen LogP contribution in [0.25, 0.3) is 10.2 Å². The van der Waals surface area contributed by atoms with Gasteiger partial charge in [0.25, 0.3) is 0 Å². The summed E-state index contributed by atoms with van der Waals surface area (Å²) < 4.78 is 16.7. The first-order chi connectivity index (χ1) is 15.4. The summed E-state index contributed by atoms with van der Waals surface area (Å²) in [7, 11) is 0. The molecule has 3 heterocycles. The molecule has 2 aromatic carbocycles. The summed E-state index contributed by atoms with van der Waals surface area (Å²) in [5.74, 6) is 0.529. The second kappa shape index (κ2) is 8.22. The lowest BCUT2D eigenvalue weighted by Gasteiger charge is -2.39. The number of para-hydroxylation sites is 1. The van der Waals surface area contributed by atoms with Gasteiger partial charge < -0.3 is 4.90 Å². The van der Waals surface area contributed by atoms with E-state index in [4.69, 9.17) is 4.98 Å². The van der Waals surface area contributed by atoms with E-state index in [1.54, 1.807) is 11.3 Å². The minimum absolute atomic E-state index is 0.151. The van der Waals surface area contributed by atoms with E-state index in [0.29, 0.717) is 0 Å². The Labute approximate surface area is 190 Å². The first kappa shape index (κ1) is 21.0. The highest BCUT2D eigenvalue weighted by Crippen LogP contribution is 2.33. The van der Waals surface area contributed by atoms with Crippen molar-refractivity contribution in [1.29, 1.82) is 0 Å². The second-order valence-electron chi connectivity index (χ2n) is 9.06. The first-order valence-corrected chi connectivity index (χ1v) is 11.6. The molecule has 7 nitrogen and oxygen atoms in total. The summed E-state index contributed by atoms with van der Waals surface area (Å²) in [6.45, 7) is 9.62. The zero-order valence-electron chi connectivity index (χ0n) is 18.4. The van der Waals surface area contributed by atoms with Crippen molar-refractivity contribution in [3.05, 3.63) is 65.7 Å². The summed E-state index contributed by atoms with van der Waals surface area (Å²) in [5.41, 5.74) is 1.77. The molecule has 0 saturated carbocycles. The zero-order chi connectivity index (χ0) is 22.3. The molecule has 4 aromatic rings. The molecule has 0 spiro atoms. The van der Waals surface area contributed by atoms with Crippen molar-refractivity contribution in [3.8, 4) is 0 Å². The molecule has 1 aliphatic rings. The van der Waals surface area contributed by atoms with Gasteiger partial charge in [0.2, 0.25) is 0 Å². The molecular weight excluding hydrogens is 425 g/mol. The molecule has 0 amide bonds. The fourth-order valence-electron chi connectivity index (χ4n) is 4.18. The van der Waals surface area contributed by atoms with Crippen molar-refractivity contribution in [2.45, 2.75) is 32.4 Å². The van der Waals surface area contributed by atoms with Gasteiger partial charge in [-0.05, 0) is 61.0 Å². The highest BCUT2D eigenvalue weighted by atomic mass is 32.1. The van der Waals surface area contributed by atoms with E-state index < -0.39 is 0 Å². The second-order valence-corrected chi connectivity index (χ2v) is 10.1. The summed E-state index contributed by atoms with van der Waals surface area (Å²) in [6, 6.07) is 14.8. The number of nitrogens with zero attached hydrogens (tertiary/aromatic N) is 7. The lowest BCUT2D eigenvalue weighted by Crippen LogP contribution is -2.48. The highest BCUT2D eigenvalue weighted by molar-refractivity contribution is 7.22. The van der Waals surface area contributed by atoms with Gasteiger partial charge in [-0.3, -0.25) is 4.90 Å². The number of aromatic nitrogens is 5. The minimum Gasteiger partial charge on any atom is -0.345 e. The maximum absolute atomic E-state index is 13.7. The standard InChI is InChI=1S/C23H26FN7S/c1-23(2,3)31-21(26-27-28-31)20(16-8-10-17(24)11-9-16)29-12-14-30(15-13-29)22-25-18-6-4-5-7-19(18)32-22/h4-11,20H,12-15H2,1-3H3. The normalized spacial score (nSPS) is 16.6. The number of piperazine rings is 1. The van der Waals surface area contributed by atoms with Crippen LogP contribution in [0.15, 0.2) is 48.5 Å². The summed E-state index contributed by atoms with van der Waals surface area (Å²) >= 11 is 1.73. The first-order valence-electron chi connectivity index (χ1n) is 10.8. The Balaban J connectivity index is 1.43. The third kappa shape index (κ3) is 3.98. The Morgan fingerprint density at radius 1 is 0.969 bits per heavy atom. The van der Waals surface area contributed by atoms with E-state index >= 15 is 0 Å². The maximum Gasteiger partial charge on any atom is 0.186 e. The molecule has 1 unspecified atom stereocenters. The van der Waals surface area contributed by atoms with Gasteiger partial charge in [-0.25, -0.2) is 14.1 Å². The average Bonchev–Trinajstić information content (AvgIpc) is 3.43. The van der Waals surface area contributed by atoms with E-state index in [2.05, 4.69) is 64.3 Å². The molecule has 1 saturated heterocycles. The lowest BCUT2D eigenvalue weighted by atomic mass is 10.0. The van der Waals surface area contributed by atoms with Crippen LogP contribution in [0.4, 0.5) is 9.52 Å². The van der Waals surface area contributed by atoms with Crippen LogP contribution in [0, 0.1) is 5.82 Å². The number of tetrazole rings is 1. The van der Waals surface area contributed by atoms with Crippen molar-refractivity contribution in [2.24, 2.45) is 0 Å². The van der Waals surface area contributed by atoms with Crippen molar-refractivity contribution >= 4 is 26.7 Å². The Hall–Kier alpha value is -2.91. The monoisotopic (exact) mass is 451 g/mol. The molecule has 1 aliphatic heterocycles. The van der Waals surface area contributed by atoms with Gasteiger partial charge in [0.15, 0.2) is 11.0 Å². The fraction of sp³-hybridized carbons (Fsp3) is 0.391. The third-order valence-electron chi connectivity index (χ3n) is 5.79. The summed E-state index contributed by atoms with van der Waals surface area (Å²) in [5, 5.41) is 13.7. The molecule has 9 heteroatoms. The average molecular weight is 452 g/mol. The minimum atomic E-state index is -0.264. The van der Waals surface area contributed by atoms with Gasteiger partial charge >= 0.3 is 0 Å². The van der Waals surface area contributed by atoms with Crippen LogP contribution in [0.5, 0.6) is 0 Å². The highest BCUT2D eigenvalue weighted by Gasteiger charge is 2.33. The summed E-state index contributed by atoms with van der Waals surface area (Å²) in [6.07, 6.45) is 0. The molecule has 1 fully saturated rings. The van der Waals surface area contributed by atoms with Crippen molar-refractivity contribution in [3.63, 3.8) is 0 Å². The number of hydrogen-bond acceptors (Lipinski definition) is 7. The van der Waals surface area contributed by atoms with Crippen molar-refractivity contribution in [2.75, 3.05) is 31.1 Å². The van der Waals surface area contributed by atoms with E-state index in [-0.39, 0.29) is 17.4 Å². The van der Waals surface area contributed by atoms with Gasteiger partial charge in [0.1, 0.15) is 5.82 Å². The van der Waals surface area contributed by atoms with E-state index in [0.717, 1.165) is 48.2 Å². The largest absolute Gasteiger partial charge is 0.345 e. The predicted molar refractivity (Wildman–Crippen MR) is 124 cm³/mol. The van der Waals surface area contributed by atoms with Crippen LogP contribution < -0.4 is 4.90 Å². The van der Waals surface area contributed by atoms with Crippen LogP contribution in [-0.4, -0.2) is 56.3 Å².